The fourth-order valence-corrected chi connectivity index (χ4v) is 8.32. The zero-order valence-corrected chi connectivity index (χ0v) is 33.0. The van der Waals surface area contributed by atoms with Crippen molar-refractivity contribution in [3.63, 3.8) is 0 Å². The Bertz CT molecular complexity index is 2820. The van der Waals surface area contributed by atoms with Crippen LogP contribution in [0.1, 0.15) is 58.7 Å². The number of aromatic nitrogens is 5. The molecule has 23 heteroatoms. The van der Waals surface area contributed by atoms with E-state index < -0.39 is 99.0 Å². The number of nitrogens with one attached hydrogen (secondary N) is 2. The first kappa shape index (κ1) is 41.5. The van der Waals surface area contributed by atoms with Crippen LogP contribution in [0.15, 0.2) is 45.6 Å². The average Bonchev–Trinajstić information content (AvgIpc) is 3.82. The van der Waals surface area contributed by atoms with Crippen molar-refractivity contribution in [3.8, 4) is 11.6 Å². The summed E-state index contributed by atoms with van der Waals surface area (Å²) in [7, 11) is -1.03. The van der Waals surface area contributed by atoms with Crippen molar-refractivity contribution >= 4 is 66.6 Å². The third-order valence-electron chi connectivity index (χ3n) is 9.78. The van der Waals surface area contributed by atoms with Crippen molar-refractivity contribution in [2.75, 3.05) is 25.7 Å². The summed E-state index contributed by atoms with van der Waals surface area (Å²) in [5.74, 6) is -9.89. The highest BCUT2D eigenvalue weighted by Crippen LogP contribution is 2.68. The fourth-order valence-electron chi connectivity index (χ4n) is 7.33. The van der Waals surface area contributed by atoms with Gasteiger partial charge in [0.15, 0.2) is 5.65 Å². The molecule has 0 aliphatic heterocycles. The van der Waals surface area contributed by atoms with E-state index >= 15 is 8.78 Å². The van der Waals surface area contributed by atoms with Crippen LogP contribution in [-0.4, -0.2) is 65.9 Å². The van der Waals surface area contributed by atoms with E-state index in [4.69, 9.17) is 33.7 Å². The minimum atomic E-state index is -3.65. The molecule has 2 aliphatic carbocycles. The molecule has 5 aromatic rings. The normalized spacial score (nSPS) is 18.2. The Labute approximate surface area is 339 Å². The fraction of sp³-hybridized carbons (Fsp3) is 0.306. The number of nitrogens with zero attached hydrogens (tertiary/aromatic N) is 6. The van der Waals surface area contributed by atoms with Gasteiger partial charge in [0.25, 0.3) is 17.9 Å². The van der Waals surface area contributed by atoms with E-state index in [1.165, 1.54) is 37.6 Å². The number of carbonyl (C=O) groups is 1. The molecule has 3 aromatic heterocycles. The number of pyridine rings is 1. The summed E-state index contributed by atoms with van der Waals surface area (Å²) in [6.07, 6.45) is -2.82. The quantitative estimate of drug-likeness (QED) is 0.0629. The van der Waals surface area contributed by atoms with Gasteiger partial charge in [-0.25, -0.2) is 31.5 Å². The number of amidine groups is 1. The van der Waals surface area contributed by atoms with Gasteiger partial charge < -0.3 is 21.1 Å². The molecule has 14 nitrogen and oxygen atoms in total. The summed E-state index contributed by atoms with van der Waals surface area (Å²) in [5.41, 5.74) is 2.52. The molecular formula is C36H29Cl2F6N9O5S. The number of methoxy groups -OCH3 is 1. The minimum Gasteiger partial charge on any atom is -0.480 e. The first-order chi connectivity index (χ1) is 27.8. The molecule has 7 rings (SSSR count). The average molecular weight is 885 g/mol. The van der Waals surface area contributed by atoms with Crippen molar-refractivity contribution in [3.05, 3.63) is 102 Å². The zero-order chi connectivity index (χ0) is 42.9. The third kappa shape index (κ3) is 7.47. The van der Waals surface area contributed by atoms with Gasteiger partial charge in [0, 0.05) is 37.3 Å². The second-order valence-corrected chi connectivity index (χ2v) is 16.4. The van der Waals surface area contributed by atoms with E-state index in [-0.39, 0.29) is 61.4 Å². The predicted octanol–water partition coefficient (Wildman–Crippen LogP) is 5.46. The lowest BCUT2D eigenvalue weighted by atomic mass is 10.0. The van der Waals surface area contributed by atoms with Gasteiger partial charge in [-0.2, -0.15) is 23.3 Å². The Balaban J connectivity index is 1.46. The van der Waals surface area contributed by atoms with Gasteiger partial charge in [0.05, 0.1) is 40.5 Å². The maximum Gasteiger partial charge on any atom is 0.293 e. The van der Waals surface area contributed by atoms with Crippen molar-refractivity contribution in [2.45, 2.75) is 43.7 Å². The van der Waals surface area contributed by atoms with Crippen LogP contribution < -0.4 is 26.7 Å². The Kier molecular flexibility index (Phi) is 10.7. The lowest BCUT2D eigenvalue weighted by molar-refractivity contribution is -0.123. The maximum absolute atomic E-state index is 15.4. The number of fused-ring (bicyclic) bond motifs is 4. The van der Waals surface area contributed by atoms with Crippen molar-refractivity contribution in [1.82, 2.24) is 29.6 Å². The second-order valence-electron chi connectivity index (χ2n) is 13.7. The largest absolute Gasteiger partial charge is 0.480 e. The van der Waals surface area contributed by atoms with E-state index in [1.807, 2.05) is 0 Å². The topological polar surface area (TPSA) is 188 Å². The number of anilines is 1. The molecule has 4 N–H and O–H groups in total. The smallest absolute Gasteiger partial charge is 0.293 e. The molecule has 2 aliphatic rings. The van der Waals surface area contributed by atoms with E-state index in [0.29, 0.717) is 10.7 Å². The standard InChI is InChI=1S/C36H29Cl2F6N9O5S/c1-46-27-23(5-4-20(37)26(27)31(45)51-59(3,57)13-54)53-33(48-32-18(35(53)56)11-21(38)34(49-32)58-2)22(8-14-6-15(39)9-16(40)7-14)47-24(55)12-52-29-25(28(50-52)30(41)42)17-10-19(17)36(29,43)44/h4-7,9,11,17,19,22,30,46H,8,10,12H2,1-3H3,(H,47,55)(H2,45,51,57)/t17?,19?,22-,59?/m0/s1. The molecule has 0 bridgehead atoms. The summed E-state index contributed by atoms with van der Waals surface area (Å²) in [4.78, 5) is 48.9. The van der Waals surface area contributed by atoms with Gasteiger partial charge in [-0.1, -0.05) is 23.2 Å². The van der Waals surface area contributed by atoms with Gasteiger partial charge in [0.2, 0.25) is 17.0 Å². The van der Waals surface area contributed by atoms with Crippen LogP contribution in [0.25, 0.3) is 16.7 Å². The third-order valence-corrected chi connectivity index (χ3v) is 11.2. The number of rotatable bonds is 12. The Morgan fingerprint density at radius 2 is 1.85 bits per heavy atom. The monoisotopic (exact) mass is 883 g/mol. The highest BCUT2D eigenvalue weighted by Gasteiger charge is 2.67. The molecular weight excluding hydrogens is 855 g/mol. The number of alkyl halides is 4. The molecule has 2 aromatic carbocycles. The molecule has 0 spiro atoms. The van der Waals surface area contributed by atoms with Gasteiger partial charge >= 0.3 is 0 Å². The summed E-state index contributed by atoms with van der Waals surface area (Å²) in [6.45, 7) is -1.03. The first-order valence-electron chi connectivity index (χ1n) is 17.2. The summed E-state index contributed by atoms with van der Waals surface area (Å²) in [5, 5.41) is 9.92. The molecule has 3 heterocycles. The molecule has 0 saturated heterocycles. The van der Waals surface area contributed by atoms with Gasteiger partial charge in [0.1, 0.15) is 56.0 Å². The molecule has 0 radical (unpaired) electrons. The van der Waals surface area contributed by atoms with E-state index in [1.54, 1.807) is 0 Å². The van der Waals surface area contributed by atoms with Gasteiger partial charge in [-0.15, -0.1) is 0 Å². The lowest BCUT2D eigenvalue weighted by Gasteiger charge is -2.25. The Morgan fingerprint density at radius 3 is 2.47 bits per heavy atom. The molecule has 1 saturated carbocycles. The predicted molar refractivity (Wildman–Crippen MR) is 205 cm³/mol. The highest BCUT2D eigenvalue weighted by atomic mass is 35.5. The number of amides is 1. The molecule has 310 valence electrons. The van der Waals surface area contributed by atoms with Crippen LogP contribution in [0, 0.1) is 17.6 Å². The van der Waals surface area contributed by atoms with Gasteiger partial charge in [-0.05, 0) is 48.2 Å². The summed E-state index contributed by atoms with van der Waals surface area (Å²) >= 11 is 12.9. The van der Waals surface area contributed by atoms with E-state index in [2.05, 4.69) is 30.1 Å². The van der Waals surface area contributed by atoms with Crippen molar-refractivity contribution in [1.29, 1.82) is 0 Å². The van der Waals surface area contributed by atoms with Crippen LogP contribution in [-0.2, 0) is 38.2 Å². The van der Waals surface area contributed by atoms with Crippen LogP contribution in [0.5, 0.6) is 5.88 Å². The molecule has 4 atom stereocenters. The number of hydrogen-bond acceptors (Lipinski definition) is 9. The highest BCUT2D eigenvalue weighted by molar-refractivity contribution is 7.98. The number of carbonyl (C=O) groups excluding carboxylic acids is 2. The van der Waals surface area contributed by atoms with E-state index in [9.17, 15) is 36.2 Å². The minimum absolute atomic E-state index is 0.0233. The van der Waals surface area contributed by atoms with Crippen molar-refractivity contribution in [2.24, 2.45) is 16.0 Å². The molecule has 1 fully saturated rings. The lowest BCUT2D eigenvalue weighted by Crippen LogP contribution is -2.38. The summed E-state index contributed by atoms with van der Waals surface area (Å²) < 4.78 is 111. The van der Waals surface area contributed by atoms with Crippen LogP contribution in [0.4, 0.5) is 32.0 Å². The van der Waals surface area contributed by atoms with E-state index in [0.717, 1.165) is 23.0 Å². The number of benzene rings is 2. The second kappa shape index (κ2) is 15.2. The number of ether oxygens (including phenoxy) is 1. The van der Waals surface area contributed by atoms with Gasteiger partial charge in [-0.3, -0.25) is 18.8 Å². The molecule has 3 unspecified atom stereocenters. The maximum atomic E-state index is 15.4. The first-order valence-corrected chi connectivity index (χ1v) is 19.9. The summed E-state index contributed by atoms with van der Waals surface area (Å²) in [6, 6.07) is 4.60. The van der Waals surface area contributed by atoms with Crippen LogP contribution in [0.2, 0.25) is 10.0 Å². The Hall–Kier alpha value is -5.63. The van der Waals surface area contributed by atoms with Crippen molar-refractivity contribution < 1.29 is 44.9 Å². The van der Waals surface area contributed by atoms with Crippen LogP contribution in [0.3, 0.4) is 0 Å². The number of halogens is 8. The molecule has 1 amide bonds. The molecule has 59 heavy (non-hydrogen) atoms. The Morgan fingerprint density at radius 1 is 1.15 bits per heavy atom. The number of nitrogens with two attached hydrogens (primary N) is 1. The SMILES string of the molecule is CNc1c(-n2c([C@H](Cc3cc(F)cc(F)c3)NC(=O)Cn3nc(C(F)F)c4c3C(F)(F)C3CC43)nc3nc(OC)c(Cl)cc3c2=O)ccc(Cl)c1C(N)=NS(C)(=O)=C=O. The van der Waals surface area contributed by atoms with Crippen LogP contribution >= 0.6 is 23.2 Å². The zero-order valence-electron chi connectivity index (χ0n) is 30.6. The number of hydrogen-bond donors (Lipinski definition) is 3.